The van der Waals surface area contributed by atoms with Crippen LogP contribution in [0.25, 0.3) is 0 Å². The van der Waals surface area contributed by atoms with Crippen LogP contribution in [0, 0.1) is 6.92 Å². The smallest absolute Gasteiger partial charge is 0.181 e. The van der Waals surface area contributed by atoms with E-state index in [0.29, 0.717) is 18.1 Å². The molecule has 2 bridgehead atoms. The molecule has 2 fully saturated rings. The maximum Gasteiger partial charge on any atom is 0.181 e. The van der Waals surface area contributed by atoms with Gasteiger partial charge in [-0.25, -0.2) is 4.98 Å². The molecule has 1 aromatic rings. The molecule has 0 aliphatic carbocycles. The average molecular weight is 221 g/mol. The van der Waals surface area contributed by atoms with Crippen LogP contribution < -0.4 is 5.73 Å². The van der Waals surface area contributed by atoms with Crippen molar-refractivity contribution in [2.45, 2.75) is 57.3 Å². The zero-order chi connectivity index (χ0) is 11.1. The summed E-state index contributed by atoms with van der Waals surface area (Å²) in [6.07, 6.45) is 6.44. The van der Waals surface area contributed by atoms with Crippen molar-refractivity contribution < 1.29 is 4.42 Å². The molecule has 3 rings (SSSR count). The Kier molecular flexibility index (Phi) is 2.48. The molecule has 0 amide bonds. The van der Waals surface area contributed by atoms with Gasteiger partial charge in [0, 0.05) is 24.7 Å². The Balaban J connectivity index is 1.75. The summed E-state index contributed by atoms with van der Waals surface area (Å²) in [5, 5.41) is 0. The lowest BCUT2D eigenvalue weighted by Crippen LogP contribution is -2.46. The summed E-state index contributed by atoms with van der Waals surface area (Å²) < 4.78 is 5.26. The van der Waals surface area contributed by atoms with Crippen LogP contribution in [0.3, 0.4) is 0 Å². The van der Waals surface area contributed by atoms with Gasteiger partial charge in [-0.1, -0.05) is 0 Å². The molecule has 2 unspecified atom stereocenters. The van der Waals surface area contributed by atoms with Crippen LogP contribution in [0.1, 0.15) is 37.1 Å². The lowest BCUT2D eigenvalue weighted by molar-refractivity contribution is 0.118. The van der Waals surface area contributed by atoms with E-state index < -0.39 is 0 Å². The van der Waals surface area contributed by atoms with Crippen LogP contribution in [-0.4, -0.2) is 28.0 Å². The van der Waals surface area contributed by atoms with E-state index in [-0.39, 0.29) is 0 Å². The van der Waals surface area contributed by atoms with Gasteiger partial charge in [-0.05, 0) is 32.6 Å². The van der Waals surface area contributed by atoms with Crippen molar-refractivity contribution in [3.8, 4) is 0 Å². The first-order valence-corrected chi connectivity index (χ1v) is 6.14. The molecule has 0 aromatic carbocycles. The standard InChI is InChI=1S/C12H19N3O/c1-8-12(14-7-16-8)6-15-10-2-3-11(15)5-9(13)4-10/h7,9-11H,2-6,13H2,1H3. The summed E-state index contributed by atoms with van der Waals surface area (Å²) in [6, 6.07) is 1.75. The number of fused-ring (bicyclic) bond motifs is 2. The van der Waals surface area contributed by atoms with Crippen molar-refractivity contribution in [2.75, 3.05) is 0 Å². The zero-order valence-electron chi connectivity index (χ0n) is 9.72. The number of oxazole rings is 1. The fourth-order valence-corrected chi connectivity index (χ4v) is 3.23. The van der Waals surface area contributed by atoms with E-state index in [1.807, 2.05) is 6.92 Å². The van der Waals surface area contributed by atoms with E-state index in [1.54, 1.807) is 6.39 Å². The quantitative estimate of drug-likeness (QED) is 0.821. The third kappa shape index (κ3) is 1.66. The first-order valence-electron chi connectivity index (χ1n) is 6.14. The molecule has 4 nitrogen and oxygen atoms in total. The Hall–Kier alpha value is -0.870. The predicted molar refractivity (Wildman–Crippen MR) is 60.8 cm³/mol. The number of piperidine rings is 1. The minimum Gasteiger partial charge on any atom is -0.448 e. The molecule has 2 aliphatic heterocycles. The van der Waals surface area contributed by atoms with E-state index in [9.17, 15) is 0 Å². The predicted octanol–water partition coefficient (Wildman–Crippen LogP) is 1.44. The van der Waals surface area contributed by atoms with Gasteiger partial charge >= 0.3 is 0 Å². The third-order valence-corrected chi connectivity index (χ3v) is 4.10. The van der Waals surface area contributed by atoms with Gasteiger partial charge in [0.25, 0.3) is 0 Å². The van der Waals surface area contributed by atoms with Gasteiger partial charge in [0.2, 0.25) is 0 Å². The summed E-state index contributed by atoms with van der Waals surface area (Å²) in [6.45, 7) is 2.92. The monoisotopic (exact) mass is 221 g/mol. The number of rotatable bonds is 2. The first-order chi connectivity index (χ1) is 7.74. The molecule has 2 saturated heterocycles. The van der Waals surface area contributed by atoms with E-state index in [2.05, 4.69) is 9.88 Å². The fraction of sp³-hybridized carbons (Fsp3) is 0.750. The van der Waals surface area contributed by atoms with E-state index >= 15 is 0 Å². The Labute approximate surface area is 95.8 Å². The van der Waals surface area contributed by atoms with Crippen LogP contribution in [0.15, 0.2) is 10.8 Å². The van der Waals surface area contributed by atoms with Gasteiger partial charge < -0.3 is 10.2 Å². The maximum absolute atomic E-state index is 6.06. The Morgan fingerprint density at radius 2 is 2.12 bits per heavy atom. The van der Waals surface area contributed by atoms with Gasteiger partial charge in [-0.15, -0.1) is 0 Å². The van der Waals surface area contributed by atoms with Crippen molar-refractivity contribution in [3.63, 3.8) is 0 Å². The van der Waals surface area contributed by atoms with Crippen molar-refractivity contribution in [1.29, 1.82) is 0 Å². The molecule has 0 spiro atoms. The highest BCUT2D eigenvalue weighted by molar-refractivity contribution is 5.07. The minimum atomic E-state index is 0.409. The number of nitrogens with zero attached hydrogens (tertiary/aromatic N) is 2. The normalized spacial score (nSPS) is 34.5. The molecule has 0 radical (unpaired) electrons. The van der Waals surface area contributed by atoms with Crippen LogP contribution in [-0.2, 0) is 6.54 Å². The Morgan fingerprint density at radius 3 is 2.69 bits per heavy atom. The van der Waals surface area contributed by atoms with Gasteiger partial charge in [-0.2, -0.15) is 0 Å². The molecule has 1 aromatic heterocycles. The van der Waals surface area contributed by atoms with Crippen molar-refractivity contribution in [1.82, 2.24) is 9.88 Å². The zero-order valence-corrected chi connectivity index (χ0v) is 9.72. The molecule has 2 atom stereocenters. The van der Waals surface area contributed by atoms with Crippen LogP contribution in [0.5, 0.6) is 0 Å². The summed E-state index contributed by atoms with van der Waals surface area (Å²) >= 11 is 0. The van der Waals surface area contributed by atoms with Gasteiger partial charge in [0.1, 0.15) is 5.76 Å². The molecule has 4 heteroatoms. The van der Waals surface area contributed by atoms with E-state index in [0.717, 1.165) is 30.8 Å². The second-order valence-corrected chi connectivity index (χ2v) is 5.14. The fourth-order valence-electron chi connectivity index (χ4n) is 3.23. The summed E-state index contributed by atoms with van der Waals surface area (Å²) in [4.78, 5) is 6.86. The molecule has 2 N–H and O–H groups in total. The minimum absolute atomic E-state index is 0.409. The molecule has 3 heterocycles. The van der Waals surface area contributed by atoms with Crippen molar-refractivity contribution in [3.05, 3.63) is 17.8 Å². The van der Waals surface area contributed by atoms with Gasteiger partial charge in [0.15, 0.2) is 6.39 Å². The SMILES string of the molecule is Cc1ocnc1CN1C2CCC1CC(N)C2. The van der Waals surface area contributed by atoms with Crippen LogP contribution in [0.4, 0.5) is 0 Å². The lowest BCUT2D eigenvalue weighted by atomic mass is 9.98. The number of hydrogen-bond donors (Lipinski definition) is 1. The number of aromatic nitrogens is 1. The second kappa shape index (κ2) is 3.86. The molecule has 2 aliphatic rings. The number of hydrogen-bond acceptors (Lipinski definition) is 4. The molecular weight excluding hydrogens is 202 g/mol. The van der Waals surface area contributed by atoms with Crippen molar-refractivity contribution in [2.24, 2.45) is 5.73 Å². The highest BCUT2D eigenvalue weighted by Gasteiger charge is 2.39. The average Bonchev–Trinajstić information content (AvgIpc) is 2.73. The van der Waals surface area contributed by atoms with E-state index in [4.69, 9.17) is 10.2 Å². The van der Waals surface area contributed by atoms with Gasteiger partial charge in [-0.3, -0.25) is 4.90 Å². The molecule has 88 valence electrons. The summed E-state index contributed by atoms with van der Waals surface area (Å²) in [5.41, 5.74) is 7.15. The van der Waals surface area contributed by atoms with Crippen molar-refractivity contribution >= 4 is 0 Å². The Morgan fingerprint density at radius 1 is 1.44 bits per heavy atom. The number of nitrogens with two attached hydrogens (primary N) is 1. The summed E-state index contributed by atoms with van der Waals surface area (Å²) in [5.74, 6) is 0.953. The maximum atomic E-state index is 6.06. The molecular formula is C12H19N3O. The molecule has 16 heavy (non-hydrogen) atoms. The second-order valence-electron chi connectivity index (χ2n) is 5.14. The number of aryl methyl sites for hydroxylation is 1. The summed E-state index contributed by atoms with van der Waals surface area (Å²) in [7, 11) is 0. The Bertz CT molecular complexity index is 362. The van der Waals surface area contributed by atoms with Crippen LogP contribution >= 0.6 is 0 Å². The third-order valence-electron chi connectivity index (χ3n) is 4.10. The highest BCUT2D eigenvalue weighted by Crippen LogP contribution is 2.36. The molecule has 0 saturated carbocycles. The topological polar surface area (TPSA) is 55.3 Å². The first kappa shape index (κ1) is 10.3. The van der Waals surface area contributed by atoms with Crippen LogP contribution in [0.2, 0.25) is 0 Å². The highest BCUT2D eigenvalue weighted by atomic mass is 16.3. The largest absolute Gasteiger partial charge is 0.448 e. The van der Waals surface area contributed by atoms with E-state index in [1.165, 1.54) is 12.8 Å². The lowest BCUT2D eigenvalue weighted by Gasteiger charge is -2.37. The van der Waals surface area contributed by atoms with Gasteiger partial charge in [0.05, 0.1) is 5.69 Å².